The molecule has 1 saturated carbocycles. The molecule has 0 aliphatic heterocycles. The Morgan fingerprint density at radius 2 is 2.00 bits per heavy atom. The van der Waals surface area contributed by atoms with Gasteiger partial charge in [-0.1, -0.05) is 32.1 Å². The Balaban J connectivity index is 2.32. The first-order valence-corrected chi connectivity index (χ1v) is 5.52. The second-order valence-corrected chi connectivity index (χ2v) is 4.17. The van der Waals surface area contributed by atoms with Gasteiger partial charge in [0.15, 0.2) is 0 Å². The van der Waals surface area contributed by atoms with Crippen LogP contribution in [0.15, 0.2) is 0 Å². The molecular weight excluding hydrogens is 162 g/mol. The van der Waals surface area contributed by atoms with Gasteiger partial charge in [-0.2, -0.15) is 0 Å². The van der Waals surface area contributed by atoms with E-state index in [1.165, 1.54) is 32.1 Å². The van der Waals surface area contributed by atoms with Crippen molar-refractivity contribution in [2.45, 2.75) is 32.1 Å². The maximum atomic E-state index is 5.27. The molecule has 78 valence electrons. The van der Waals surface area contributed by atoms with E-state index < -0.39 is 0 Å². The molecule has 0 aromatic rings. The first-order chi connectivity index (χ1) is 6.38. The molecule has 0 spiro atoms. The molecule has 13 heavy (non-hydrogen) atoms. The Labute approximate surface area is 82.0 Å². The fraction of sp³-hybridized carbons (Fsp3) is 1.00. The minimum atomic E-state index is 0.732. The SMILES string of the molecule is CNCC(COC)C1CCCCC1. The number of rotatable bonds is 5. The second kappa shape index (κ2) is 6.39. The van der Waals surface area contributed by atoms with Crippen molar-refractivity contribution in [3.05, 3.63) is 0 Å². The van der Waals surface area contributed by atoms with E-state index in [1.807, 2.05) is 14.2 Å². The van der Waals surface area contributed by atoms with E-state index in [1.54, 1.807) is 0 Å². The summed E-state index contributed by atoms with van der Waals surface area (Å²) in [6, 6.07) is 0. The van der Waals surface area contributed by atoms with Gasteiger partial charge in [0.25, 0.3) is 0 Å². The van der Waals surface area contributed by atoms with E-state index in [9.17, 15) is 0 Å². The summed E-state index contributed by atoms with van der Waals surface area (Å²) in [6.07, 6.45) is 7.12. The van der Waals surface area contributed by atoms with E-state index in [-0.39, 0.29) is 0 Å². The van der Waals surface area contributed by atoms with E-state index in [0.717, 1.165) is 25.0 Å². The third-order valence-corrected chi connectivity index (χ3v) is 3.16. The van der Waals surface area contributed by atoms with Gasteiger partial charge in [0.05, 0.1) is 6.61 Å². The van der Waals surface area contributed by atoms with Crippen molar-refractivity contribution < 1.29 is 4.74 Å². The summed E-state index contributed by atoms with van der Waals surface area (Å²) in [4.78, 5) is 0. The van der Waals surface area contributed by atoms with E-state index in [4.69, 9.17) is 4.74 Å². The van der Waals surface area contributed by atoms with Crippen LogP contribution in [0.2, 0.25) is 0 Å². The standard InChI is InChI=1S/C11H23NO/c1-12-8-11(9-13-2)10-6-4-3-5-7-10/h10-12H,3-9H2,1-2H3. The van der Waals surface area contributed by atoms with Crippen molar-refractivity contribution in [1.29, 1.82) is 0 Å². The number of ether oxygens (including phenoxy) is 1. The lowest BCUT2D eigenvalue weighted by Crippen LogP contribution is -2.30. The molecule has 0 amide bonds. The lowest BCUT2D eigenvalue weighted by atomic mass is 9.80. The van der Waals surface area contributed by atoms with Crippen LogP contribution in [0, 0.1) is 11.8 Å². The highest BCUT2D eigenvalue weighted by Gasteiger charge is 2.22. The van der Waals surface area contributed by atoms with E-state index in [2.05, 4.69) is 5.32 Å². The van der Waals surface area contributed by atoms with Gasteiger partial charge in [-0.15, -0.1) is 0 Å². The van der Waals surface area contributed by atoms with Gasteiger partial charge < -0.3 is 10.1 Å². The van der Waals surface area contributed by atoms with Crippen molar-refractivity contribution >= 4 is 0 Å². The zero-order valence-corrected chi connectivity index (χ0v) is 9.01. The highest BCUT2D eigenvalue weighted by molar-refractivity contribution is 4.75. The molecule has 1 aliphatic carbocycles. The molecule has 1 N–H and O–H groups in total. The zero-order valence-electron chi connectivity index (χ0n) is 9.01. The van der Waals surface area contributed by atoms with Crippen LogP contribution in [0.5, 0.6) is 0 Å². The maximum Gasteiger partial charge on any atom is 0.0505 e. The van der Waals surface area contributed by atoms with Crippen LogP contribution in [0.3, 0.4) is 0 Å². The Morgan fingerprint density at radius 3 is 2.54 bits per heavy atom. The Morgan fingerprint density at radius 1 is 1.31 bits per heavy atom. The highest BCUT2D eigenvalue weighted by atomic mass is 16.5. The largest absolute Gasteiger partial charge is 0.384 e. The van der Waals surface area contributed by atoms with Crippen LogP contribution < -0.4 is 5.32 Å². The summed E-state index contributed by atoms with van der Waals surface area (Å²) < 4.78 is 5.27. The molecule has 0 saturated heterocycles. The average Bonchev–Trinajstić information content (AvgIpc) is 2.19. The monoisotopic (exact) mass is 185 g/mol. The first-order valence-electron chi connectivity index (χ1n) is 5.52. The van der Waals surface area contributed by atoms with Gasteiger partial charge in [-0.3, -0.25) is 0 Å². The number of nitrogens with one attached hydrogen (secondary N) is 1. The predicted molar refractivity (Wildman–Crippen MR) is 55.9 cm³/mol. The fourth-order valence-electron chi connectivity index (χ4n) is 2.44. The van der Waals surface area contributed by atoms with Crippen molar-refractivity contribution in [3.63, 3.8) is 0 Å². The third kappa shape index (κ3) is 3.65. The van der Waals surface area contributed by atoms with Gasteiger partial charge in [-0.05, 0) is 18.9 Å². The molecule has 1 aliphatic rings. The Bertz CT molecular complexity index is 115. The van der Waals surface area contributed by atoms with Crippen LogP contribution in [-0.4, -0.2) is 27.3 Å². The van der Waals surface area contributed by atoms with Gasteiger partial charge in [0, 0.05) is 13.7 Å². The van der Waals surface area contributed by atoms with Crippen LogP contribution >= 0.6 is 0 Å². The molecule has 2 heteroatoms. The molecule has 1 atom stereocenters. The minimum Gasteiger partial charge on any atom is -0.384 e. The van der Waals surface area contributed by atoms with Crippen molar-refractivity contribution in [1.82, 2.24) is 5.32 Å². The fourth-order valence-corrected chi connectivity index (χ4v) is 2.44. The average molecular weight is 185 g/mol. The smallest absolute Gasteiger partial charge is 0.0505 e. The van der Waals surface area contributed by atoms with Crippen molar-refractivity contribution in [2.75, 3.05) is 27.3 Å². The quantitative estimate of drug-likeness (QED) is 0.708. The maximum absolute atomic E-state index is 5.27. The molecule has 0 bridgehead atoms. The van der Waals surface area contributed by atoms with Gasteiger partial charge in [0.1, 0.15) is 0 Å². The van der Waals surface area contributed by atoms with Crippen LogP contribution in [0.1, 0.15) is 32.1 Å². The normalized spacial score (nSPS) is 21.7. The van der Waals surface area contributed by atoms with Gasteiger partial charge in [-0.25, -0.2) is 0 Å². The van der Waals surface area contributed by atoms with E-state index >= 15 is 0 Å². The summed E-state index contributed by atoms with van der Waals surface area (Å²) in [7, 11) is 3.84. The lowest BCUT2D eigenvalue weighted by Gasteiger charge is -2.29. The van der Waals surface area contributed by atoms with Crippen molar-refractivity contribution in [2.24, 2.45) is 11.8 Å². The zero-order chi connectivity index (χ0) is 9.52. The lowest BCUT2D eigenvalue weighted by molar-refractivity contribution is 0.104. The highest BCUT2D eigenvalue weighted by Crippen LogP contribution is 2.29. The number of hydrogen-bond donors (Lipinski definition) is 1. The summed E-state index contributed by atoms with van der Waals surface area (Å²) >= 11 is 0. The summed E-state index contributed by atoms with van der Waals surface area (Å²) in [5.74, 6) is 1.64. The van der Waals surface area contributed by atoms with Crippen LogP contribution in [0.25, 0.3) is 0 Å². The van der Waals surface area contributed by atoms with E-state index in [0.29, 0.717) is 0 Å². The Hall–Kier alpha value is -0.0800. The molecule has 0 aromatic carbocycles. The topological polar surface area (TPSA) is 21.3 Å². The van der Waals surface area contributed by atoms with Crippen LogP contribution in [0.4, 0.5) is 0 Å². The number of hydrogen-bond acceptors (Lipinski definition) is 2. The molecule has 0 radical (unpaired) electrons. The van der Waals surface area contributed by atoms with Crippen molar-refractivity contribution in [3.8, 4) is 0 Å². The molecule has 1 rings (SSSR count). The molecule has 0 aromatic heterocycles. The second-order valence-electron chi connectivity index (χ2n) is 4.17. The molecule has 2 nitrogen and oxygen atoms in total. The van der Waals surface area contributed by atoms with Gasteiger partial charge in [0.2, 0.25) is 0 Å². The van der Waals surface area contributed by atoms with Crippen LogP contribution in [-0.2, 0) is 4.74 Å². The number of methoxy groups -OCH3 is 1. The third-order valence-electron chi connectivity index (χ3n) is 3.16. The van der Waals surface area contributed by atoms with Gasteiger partial charge >= 0.3 is 0 Å². The molecular formula is C11H23NO. The first kappa shape index (κ1) is 11.0. The predicted octanol–water partition coefficient (Wildman–Crippen LogP) is 2.05. The minimum absolute atomic E-state index is 0.732. The summed E-state index contributed by atoms with van der Waals surface area (Å²) in [5.41, 5.74) is 0. The Kier molecular flexibility index (Phi) is 5.40. The summed E-state index contributed by atoms with van der Waals surface area (Å²) in [6.45, 7) is 2.03. The molecule has 1 fully saturated rings. The molecule has 1 unspecified atom stereocenters. The summed E-state index contributed by atoms with van der Waals surface area (Å²) in [5, 5.41) is 3.27. The molecule has 0 heterocycles.